The Morgan fingerprint density at radius 1 is 1.00 bits per heavy atom. The van der Waals surface area contributed by atoms with Crippen molar-refractivity contribution in [1.29, 1.82) is 0 Å². The number of nitrogens with zero attached hydrogens (tertiary/aromatic N) is 2. The molecule has 0 saturated heterocycles. The molecular weight excluding hydrogens is 300 g/mol. The van der Waals surface area contributed by atoms with E-state index in [-0.39, 0.29) is 5.95 Å². The number of nitrogen functional groups attached to an aromatic ring is 2. The van der Waals surface area contributed by atoms with Gasteiger partial charge < -0.3 is 16.2 Å². The van der Waals surface area contributed by atoms with Crippen LogP contribution in [0.4, 0.5) is 11.8 Å². The van der Waals surface area contributed by atoms with Gasteiger partial charge in [-0.3, -0.25) is 0 Å². The fourth-order valence-electron chi connectivity index (χ4n) is 2.25. The van der Waals surface area contributed by atoms with Gasteiger partial charge in [0.2, 0.25) is 5.95 Å². The molecule has 22 heavy (non-hydrogen) atoms. The van der Waals surface area contributed by atoms with Crippen molar-refractivity contribution in [3.05, 3.63) is 53.1 Å². The smallest absolute Gasteiger partial charge is 0.222 e. The Morgan fingerprint density at radius 2 is 1.77 bits per heavy atom. The van der Waals surface area contributed by atoms with Crippen LogP contribution < -0.4 is 16.2 Å². The van der Waals surface area contributed by atoms with Crippen LogP contribution in [-0.4, -0.2) is 16.6 Å². The summed E-state index contributed by atoms with van der Waals surface area (Å²) < 4.78 is 5.84. The van der Waals surface area contributed by atoms with Gasteiger partial charge in [0, 0.05) is 11.4 Å². The lowest BCUT2D eigenvalue weighted by Gasteiger charge is -2.10. The van der Waals surface area contributed by atoms with Gasteiger partial charge in [0.1, 0.15) is 11.6 Å². The first kappa shape index (κ1) is 14.4. The van der Waals surface area contributed by atoms with Crippen molar-refractivity contribution in [1.82, 2.24) is 9.97 Å². The van der Waals surface area contributed by atoms with Gasteiger partial charge in [-0.1, -0.05) is 29.8 Å². The first-order valence-corrected chi connectivity index (χ1v) is 7.20. The number of nitrogens with two attached hydrogens (primary N) is 2. The van der Waals surface area contributed by atoms with E-state index in [1.54, 1.807) is 0 Å². The Kier molecular flexibility index (Phi) is 3.98. The molecule has 6 heteroatoms. The van der Waals surface area contributed by atoms with Crippen LogP contribution >= 0.6 is 11.6 Å². The standard InChI is InChI=1S/C16H15ClN4O/c17-11-6-4-10(5-7-11)8-9-22-13-3-1-2-12-14(13)15(18)21-16(19)20-12/h1-7H,8-9H2,(H4,18,19,20,21). The van der Waals surface area contributed by atoms with Crippen molar-refractivity contribution in [2.75, 3.05) is 18.1 Å². The predicted octanol–water partition coefficient (Wildman–Crippen LogP) is 3.07. The fourth-order valence-corrected chi connectivity index (χ4v) is 2.37. The Balaban J connectivity index is 1.78. The van der Waals surface area contributed by atoms with E-state index in [9.17, 15) is 0 Å². The molecule has 2 aromatic carbocycles. The highest BCUT2D eigenvalue weighted by molar-refractivity contribution is 6.30. The van der Waals surface area contributed by atoms with Gasteiger partial charge in [0.15, 0.2) is 0 Å². The van der Waals surface area contributed by atoms with Gasteiger partial charge in [-0.25, -0.2) is 4.98 Å². The quantitative estimate of drug-likeness (QED) is 0.772. The summed E-state index contributed by atoms with van der Waals surface area (Å²) in [6, 6.07) is 13.2. The van der Waals surface area contributed by atoms with E-state index >= 15 is 0 Å². The van der Waals surface area contributed by atoms with Gasteiger partial charge in [-0.15, -0.1) is 0 Å². The van der Waals surface area contributed by atoms with E-state index in [0.29, 0.717) is 29.1 Å². The molecule has 0 saturated carbocycles. The molecule has 0 amide bonds. The summed E-state index contributed by atoms with van der Waals surface area (Å²) in [5.41, 5.74) is 13.4. The Bertz CT molecular complexity index is 805. The maximum absolute atomic E-state index is 5.93. The van der Waals surface area contributed by atoms with Crippen molar-refractivity contribution in [2.24, 2.45) is 0 Å². The normalized spacial score (nSPS) is 10.8. The molecule has 0 radical (unpaired) electrons. The van der Waals surface area contributed by atoms with Crippen molar-refractivity contribution in [3.8, 4) is 5.75 Å². The first-order chi connectivity index (χ1) is 10.6. The van der Waals surface area contributed by atoms with Gasteiger partial charge in [-0.05, 0) is 29.8 Å². The number of rotatable bonds is 4. The average molecular weight is 315 g/mol. The zero-order valence-electron chi connectivity index (χ0n) is 11.8. The molecule has 0 spiro atoms. The van der Waals surface area contributed by atoms with Crippen LogP contribution in [0.5, 0.6) is 5.75 Å². The highest BCUT2D eigenvalue weighted by Gasteiger charge is 2.09. The number of anilines is 2. The summed E-state index contributed by atoms with van der Waals surface area (Å²) in [7, 11) is 0. The topological polar surface area (TPSA) is 87.0 Å². The number of hydrogen-bond acceptors (Lipinski definition) is 5. The molecule has 5 nitrogen and oxygen atoms in total. The first-order valence-electron chi connectivity index (χ1n) is 6.82. The lowest BCUT2D eigenvalue weighted by molar-refractivity contribution is 0.326. The molecule has 0 unspecified atom stereocenters. The molecule has 3 aromatic rings. The van der Waals surface area contributed by atoms with Crippen LogP contribution in [-0.2, 0) is 6.42 Å². The molecule has 0 fully saturated rings. The maximum Gasteiger partial charge on any atom is 0.222 e. The number of halogens is 1. The summed E-state index contributed by atoms with van der Waals surface area (Å²) in [4.78, 5) is 8.15. The largest absolute Gasteiger partial charge is 0.492 e. The number of ether oxygens (including phenoxy) is 1. The van der Waals surface area contributed by atoms with Crippen LogP contribution in [0.2, 0.25) is 5.02 Å². The summed E-state index contributed by atoms with van der Waals surface area (Å²) >= 11 is 5.87. The van der Waals surface area contributed by atoms with Crippen molar-refractivity contribution < 1.29 is 4.74 Å². The predicted molar refractivity (Wildman–Crippen MR) is 89.0 cm³/mol. The van der Waals surface area contributed by atoms with Crippen molar-refractivity contribution in [3.63, 3.8) is 0 Å². The van der Waals surface area contributed by atoms with Gasteiger partial charge in [0.05, 0.1) is 17.5 Å². The minimum Gasteiger partial charge on any atom is -0.492 e. The molecule has 1 heterocycles. The zero-order chi connectivity index (χ0) is 15.5. The number of fused-ring (bicyclic) bond motifs is 1. The van der Waals surface area contributed by atoms with Crippen LogP contribution in [0.1, 0.15) is 5.56 Å². The Morgan fingerprint density at radius 3 is 2.55 bits per heavy atom. The lowest BCUT2D eigenvalue weighted by Crippen LogP contribution is -2.05. The monoisotopic (exact) mass is 314 g/mol. The molecule has 0 atom stereocenters. The second-order valence-electron chi connectivity index (χ2n) is 4.84. The molecular formula is C16H15ClN4O. The summed E-state index contributed by atoms with van der Waals surface area (Å²) in [5, 5.41) is 1.41. The molecule has 0 bridgehead atoms. The third kappa shape index (κ3) is 3.04. The van der Waals surface area contributed by atoms with Crippen molar-refractivity contribution in [2.45, 2.75) is 6.42 Å². The van der Waals surface area contributed by atoms with Gasteiger partial charge in [0.25, 0.3) is 0 Å². The van der Waals surface area contributed by atoms with E-state index in [1.165, 1.54) is 0 Å². The highest BCUT2D eigenvalue weighted by atomic mass is 35.5. The lowest BCUT2D eigenvalue weighted by atomic mass is 10.1. The molecule has 112 valence electrons. The second-order valence-corrected chi connectivity index (χ2v) is 5.28. The molecule has 0 aliphatic carbocycles. The molecule has 0 aliphatic rings. The van der Waals surface area contributed by atoms with Gasteiger partial charge in [-0.2, -0.15) is 4.98 Å². The Hall–Kier alpha value is -2.53. The minimum atomic E-state index is 0.156. The van der Waals surface area contributed by atoms with E-state index in [1.807, 2.05) is 42.5 Å². The number of aromatic nitrogens is 2. The zero-order valence-corrected chi connectivity index (χ0v) is 12.5. The van der Waals surface area contributed by atoms with Crippen LogP contribution in [0, 0.1) is 0 Å². The summed E-state index contributed by atoms with van der Waals surface area (Å²) in [6.07, 6.45) is 0.767. The maximum atomic E-state index is 5.93. The highest BCUT2D eigenvalue weighted by Crippen LogP contribution is 2.29. The van der Waals surface area contributed by atoms with Crippen LogP contribution in [0.25, 0.3) is 10.9 Å². The van der Waals surface area contributed by atoms with E-state index in [0.717, 1.165) is 17.0 Å². The second kappa shape index (κ2) is 6.07. The fraction of sp³-hybridized carbons (Fsp3) is 0.125. The average Bonchev–Trinajstić information content (AvgIpc) is 2.49. The van der Waals surface area contributed by atoms with Crippen LogP contribution in [0.3, 0.4) is 0 Å². The van der Waals surface area contributed by atoms with Crippen LogP contribution in [0.15, 0.2) is 42.5 Å². The molecule has 0 aliphatic heterocycles. The minimum absolute atomic E-state index is 0.156. The van der Waals surface area contributed by atoms with Gasteiger partial charge >= 0.3 is 0 Å². The van der Waals surface area contributed by atoms with E-state index < -0.39 is 0 Å². The summed E-state index contributed by atoms with van der Waals surface area (Å²) in [5.74, 6) is 1.14. The molecule has 1 aromatic heterocycles. The number of hydrogen-bond donors (Lipinski definition) is 2. The van der Waals surface area contributed by atoms with Crippen molar-refractivity contribution >= 4 is 34.3 Å². The molecule has 3 rings (SSSR count). The third-order valence-electron chi connectivity index (χ3n) is 3.29. The molecule has 4 N–H and O–H groups in total. The van der Waals surface area contributed by atoms with E-state index in [4.69, 9.17) is 27.8 Å². The summed E-state index contributed by atoms with van der Waals surface area (Å²) in [6.45, 7) is 0.518. The van der Waals surface area contributed by atoms with E-state index in [2.05, 4.69) is 9.97 Å². The Labute approximate surface area is 132 Å². The third-order valence-corrected chi connectivity index (χ3v) is 3.54. The number of benzene rings is 2. The SMILES string of the molecule is Nc1nc(N)c2c(OCCc3ccc(Cl)cc3)cccc2n1.